The van der Waals surface area contributed by atoms with Crippen molar-refractivity contribution in [3.8, 4) is 0 Å². The van der Waals surface area contributed by atoms with Gasteiger partial charge in [-0.2, -0.15) is 0 Å². The van der Waals surface area contributed by atoms with E-state index in [4.69, 9.17) is 13.9 Å². The summed E-state index contributed by atoms with van der Waals surface area (Å²) in [6.07, 6.45) is 4.87. The van der Waals surface area contributed by atoms with Crippen LogP contribution in [0.4, 0.5) is 0 Å². The standard InChI is InChI=1S/C26H24O8/c27-22(9-14-1-2-14)32-12-16-7-18(13-33-23(28)10-15-3-4-15)25-20(8-16)24(29)19-11-17(26(30)31)5-6-21(19)34-25/h5-8,11,14-15H,1-4,9-10,12-13H2,(H,30,31). The van der Waals surface area contributed by atoms with E-state index in [9.17, 15) is 24.3 Å². The molecule has 1 heterocycles. The molecule has 2 aromatic carbocycles. The normalized spacial score (nSPS) is 15.4. The van der Waals surface area contributed by atoms with Crippen LogP contribution in [0.1, 0.15) is 60.0 Å². The first-order chi connectivity index (χ1) is 16.4. The molecule has 2 fully saturated rings. The van der Waals surface area contributed by atoms with Gasteiger partial charge in [0.2, 0.25) is 5.43 Å². The maximum atomic E-state index is 13.3. The van der Waals surface area contributed by atoms with Crippen LogP contribution in [-0.4, -0.2) is 23.0 Å². The molecule has 176 valence electrons. The van der Waals surface area contributed by atoms with Gasteiger partial charge in [-0.1, -0.05) is 0 Å². The summed E-state index contributed by atoms with van der Waals surface area (Å²) in [5.41, 5.74) is 1.10. The van der Waals surface area contributed by atoms with Gasteiger partial charge in [-0.05, 0) is 73.4 Å². The summed E-state index contributed by atoms with van der Waals surface area (Å²) < 4.78 is 16.8. The number of carboxylic acids is 1. The number of aromatic carboxylic acids is 1. The lowest BCUT2D eigenvalue weighted by atomic mass is 10.0. The number of carbonyl (C=O) groups excluding carboxylic acids is 2. The Kier molecular flexibility index (Phi) is 5.81. The molecule has 8 heteroatoms. The van der Waals surface area contributed by atoms with E-state index in [-0.39, 0.29) is 52.7 Å². The molecule has 0 unspecified atom stereocenters. The highest BCUT2D eigenvalue weighted by Gasteiger charge is 2.26. The fraction of sp³-hybridized carbons (Fsp3) is 0.385. The largest absolute Gasteiger partial charge is 0.478 e. The summed E-state index contributed by atoms with van der Waals surface area (Å²) >= 11 is 0. The van der Waals surface area contributed by atoms with Crippen molar-refractivity contribution in [2.45, 2.75) is 51.7 Å². The molecule has 0 saturated heterocycles. The van der Waals surface area contributed by atoms with E-state index in [0.717, 1.165) is 25.7 Å². The summed E-state index contributed by atoms with van der Waals surface area (Å²) in [6, 6.07) is 7.37. The predicted molar refractivity (Wildman–Crippen MR) is 121 cm³/mol. The maximum absolute atomic E-state index is 13.3. The molecule has 0 spiro atoms. The van der Waals surface area contributed by atoms with Crippen LogP contribution in [0.3, 0.4) is 0 Å². The summed E-state index contributed by atoms with van der Waals surface area (Å²) in [4.78, 5) is 48.8. The number of carboxylic acid groups (broad SMARTS) is 1. The number of fused-ring (bicyclic) bond motifs is 2. The smallest absolute Gasteiger partial charge is 0.335 e. The molecule has 0 aliphatic heterocycles. The first-order valence-electron chi connectivity index (χ1n) is 11.4. The summed E-state index contributed by atoms with van der Waals surface area (Å²) in [7, 11) is 0. The van der Waals surface area contributed by atoms with Crippen LogP contribution in [0.5, 0.6) is 0 Å². The van der Waals surface area contributed by atoms with Gasteiger partial charge in [0.15, 0.2) is 0 Å². The first-order valence-corrected chi connectivity index (χ1v) is 11.4. The van der Waals surface area contributed by atoms with Crippen LogP contribution in [0.15, 0.2) is 39.5 Å². The maximum Gasteiger partial charge on any atom is 0.335 e. The van der Waals surface area contributed by atoms with Crippen molar-refractivity contribution in [3.63, 3.8) is 0 Å². The van der Waals surface area contributed by atoms with E-state index in [2.05, 4.69) is 0 Å². The van der Waals surface area contributed by atoms with Crippen LogP contribution in [0.25, 0.3) is 21.9 Å². The van der Waals surface area contributed by atoms with Crippen molar-refractivity contribution in [2.75, 3.05) is 0 Å². The Bertz CT molecular complexity index is 1360. The van der Waals surface area contributed by atoms with Crippen LogP contribution in [0, 0.1) is 11.8 Å². The number of carbonyl (C=O) groups is 3. The second-order valence-electron chi connectivity index (χ2n) is 9.20. The minimum absolute atomic E-state index is 0.0291. The van der Waals surface area contributed by atoms with Crippen LogP contribution in [-0.2, 0) is 32.3 Å². The zero-order chi connectivity index (χ0) is 23.8. The third kappa shape index (κ3) is 4.95. The van der Waals surface area contributed by atoms with Crippen LogP contribution >= 0.6 is 0 Å². The molecule has 34 heavy (non-hydrogen) atoms. The zero-order valence-corrected chi connectivity index (χ0v) is 18.5. The van der Waals surface area contributed by atoms with E-state index >= 15 is 0 Å². The van der Waals surface area contributed by atoms with E-state index in [1.165, 1.54) is 18.2 Å². The topological polar surface area (TPSA) is 120 Å². The number of rotatable bonds is 9. The van der Waals surface area contributed by atoms with E-state index in [0.29, 0.717) is 35.8 Å². The number of benzene rings is 2. The molecule has 3 aromatic rings. The highest BCUT2D eigenvalue weighted by Crippen LogP contribution is 2.34. The van der Waals surface area contributed by atoms with Gasteiger partial charge in [0, 0.05) is 18.4 Å². The minimum Gasteiger partial charge on any atom is -0.478 e. The summed E-state index contributed by atoms with van der Waals surface area (Å²) in [5, 5.41) is 9.62. The van der Waals surface area contributed by atoms with Crippen molar-refractivity contribution in [1.29, 1.82) is 0 Å². The Balaban J connectivity index is 1.51. The number of hydrogen-bond donors (Lipinski definition) is 1. The summed E-state index contributed by atoms with van der Waals surface area (Å²) in [6.45, 7) is -0.120. The monoisotopic (exact) mass is 464 g/mol. The Labute approximate surface area is 194 Å². The Morgan fingerprint density at radius 2 is 1.53 bits per heavy atom. The molecule has 8 nitrogen and oxygen atoms in total. The van der Waals surface area contributed by atoms with Gasteiger partial charge in [0.1, 0.15) is 24.4 Å². The zero-order valence-electron chi connectivity index (χ0n) is 18.5. The average Bonchev–Trinajstić information content (AvgIpc) is 3.74. The lowest BCUT2D eigenvalue weighted by molar-refractivity contribution is -0.146. The third-order valence-corrected chi connectivity index (χ3v) is 6.25. The Morgan fingerprint density at radius 3 is 2.15 bits per heavy atom. The van der Waals surface area contributed by atoms with Gasteiger partial charge >= 0.3 is 17.9 Å². The Hall–Kier alpha value is -3.68. The van der Waals surface area contributed by atoms with E-state index in [1.807, 2.05) is 0 Å². The first kappa shape index (κ1) is 22.1. The van der Waals surface area contributed by atoms with Gasteiger partial charge in [-0.15, -0.1) is 0 Å². The fourth-order valence-corrected chi connectivity index (χ4v) is 3.97. The van der Waals surface area contributed by atoms with Crippen molar-refractivity contribution in [3.05, 3.63) is 57.2 Å². The third-order valence-electron chi connectivity index (χ3n) is 6.25. The highest BCUT2D eigenvalue weighted by molar-refractivity contribution is 5.96. The molecule has 0 bridgehead atoms. The Morgan fingerprint density at radius 1 is 0.882 bits per heavy atom. The van der Waals surface area contributed by atoms with Crippen molar-refractivity contribution in [2.24, 2.45) is 11.8 Å². The second kappa shape index (κ2) is 8.93. The van der Waals surface area contributed by atoms with Gasteiger partial charge in [0.25, 0.3) is 0 Å². The molecule has 1 N–H and O–H groups in total. The number of esters is 2. The lowest BCUT2D eigenvalue weighted by Crippen LogP contribution is -2.10. The van der Waals surface area contributed by atoms with E-state index < -0.39 is 11.4 Å². The van der Waals surface area contributed by atoms with Gasteiger partial charge in [-0.3, -0.25) is 14.4 Å². The summed E-state index contributed by atoms with van der Waals surface area (Å²) in [5.74, 6) is -0.983. The fourth-order valence-electron chi connectivity index (χ4n) is 3.97. The second-order valence-corrected chi connectivity index (χ2v) is 9.20. The molecule has 2 saturated carbocycles. The molecular formula is C26H24O8. The van der Waals surface area contributed by atoms with Crippen LogP contribution < -0.4 is 5.43 Å². The highest BCUT2D eigenvalue weighted by atomic mass is 16.5. The molecule has 1 aromatic heterocycles. The van der Waals surface area contributed by atoms with E-state index in [1.54, 1.807) is 12.1 Å². The predicted octanol–water partition coefficient (Wildman–Crippen LogP) is 4.33. The molecule has 2 aliphatic rings. The molecule has 0 amide bonds. The van der Waals surface area contributed by atoms with Crippen LogP contribution in [0.2, 0.25) is 0 Å². The minimum atomic E-state index is -1.15. The number of ether oxygens (including phenoxy) is 2. The molecule has 0 radical (unpaired) electrons. The molecule has 2 aliphatic carbocycles. The molecule has 0 atom stereocenters. The van der Waals surface area contributed by atoms with Gasteiger partial charge < -0.3 is 19.0 Å². The van der Waals surface area contributed by atoms with Gasteiger partial charge in [-0.25, -0.2) is 4.79 Å². The quantitative estimate of drug-likeness (QED) is 0.367. The van der Waals surface area contributed by atoms with Crippen molar-refractivity contribution < 1.29 is 33.4 Å². The number of hydrogen-bond acceptors (Lipinski definition) is 7. The van der Waals surface area contributed by atoms with Crippen molar-refractivity contribution in [1.82, 2.24) is 0 Å². The van der Waals surface area contributed by atoms with Crippen molar-refractivity contribution >= 4 is 39.8 Å². The molecular weight excluding hydrogens is 440 g/mol. The lowest BCUT2D eigenvalue weighted by Gasteiger charge is -2.12. The SMILES string of the molecule is O=C(CC1CC1)OCc1cc(COC(=O)CC2CC2)c2oc3ccc(C(=O)O)cc3c(=O)c2c1. The van der Waals surface area contributed by atoms with Gasteiger partial charge in [0.05, 0.1) is 16.3 Å². The average molecular weight is 464 g/mol. The molecule has 5 rings (SSSR count).